The van der Waals surface area contributed by atoms with Gasteiger partial charge in [-0.2, -0.15) is 4.98 Å². The van der Waals surface area contributed by atoms with Gasteiger partial charge in [0.1, 0.15) is 11.9 Å². The number of hydrogen-bond acceptors (Lipinski definition) is 7. The highest BCUT2D eigenvalue weighted by atomic mass is 19.1. The van der Waals surface area contributed by atoms with Gasteiger partial charge in [-0.1, -0.05) is 12.1 Å². The molecular weight excluding hydrogens is 369 g/mol. The van der Waals surface area contributed by atoms with Crippen molar-refractivity contribution in [2.45, 2.75) is 31.3 Å². The number of aliphatic carboxylic acids is 1. The second kappa shape index (κ2) is 8.07. The zero-order valence-corrected chi connectivity index (χ0v) is 15.0. The van der Waals surface area contributed by atoms with Crippen LogP contribution in [-0.2, 0) is 20.8 Å². The summed E-state index contributed by atoms with van der Waals surface area (Å²) in [4.78, 5) is 19.4. The lowest BCUT2D eigenvalue weighted by Gasteiger charge is -2.17. The van der Waals surface area contributed by atoms with Crippen LogP contribution in [-0.4, -0.2) is 52.6 Å². The quantitative estimate of drug-likeness (QED) is 0.740. The van der Waals surface area contributed by atoms with Crippen LogP contribution in [0, 0.1) is 11.7 Å². The SMILES string of the molecule is O=C(O)C[C@H]1CO[C@@H]2[C@@H]1OC[C@@H]2Oc1ccnc(NCc2ccc(F)cc2)n1. The third-order valence-corrected chi connectivity index (χ3v) is 4.81. The lowest BCUT2D eigenvalue weighted by molar-refractivity contribution is -0.138. The maximum atomic E-state index is 13.0. The Kier molecular flexibility index (Phi) is 5.36. The minimum Gasteiger partial charge on any atom is -0.481 e. The number of carbonyl (C=O) groups is 1. The van der Waals surface area contributed by atoms with Crippen LogP contribution in [0.3, 0.4) is 0 Å². The number of anilines is 1. The average molecular weight is 389 g/mol. The van der Waals surface area contributed by atoms with E-state index in [9.17, 15) is 9.18 Å². The molecule has 2 saturated heterocycles. The molecule has 4 rings (SSSR count). The Hall–Kier alpha value is -2.78. The molecule has 1 aromatic carbocycles. The first-order valence-corrected chi connectivity index (χ1v) is 9.01. The Balaban J connectivity index is 1.35. The van der Waals surface area contributed by atoms with Crippen molar-refractivity contribution in [1.29, 1.82) is 0 Å². The summed E-state index contributed by atoms with van der Waals surface area (Å²) < 4.78 is 30.3. The van der Waals surface area contributed by atoms with Crippen molar-refractivity contribution in [2.75, 3.05) is 18.5 Å². The van der Waals surface area contributed by atoms with Gasteiger partial charge in [-0.3, -0.25) is 4.79 Å². The third kappa shape index (κ3) is 4.20. The highest BCUT2D eigenvalue weighted by Gasteiger charge is 2.49. The molecule has 0 amide bonds. The Morgan fingerprint density at radius 3 is 2.79 bits per heavy atom. The molecule has 0 unspecified atom stereocenters. The number of carboxylic acids is 1. The standard InChI is InChI=1S/C19H20FN3O5/c20-13-3-1-11(2-4-13)8-22-19-21-6-5-15(23-19)28-14-10-27-17-12(7-16(24)25)9-26-18(14)17/h1-6,12,14,17-18H,7-10H2,(H,24,25)(H,21,22,23)/t12-,14-,17+,18-/m0/s1. The molecular formula is C19H20FN3O5. The number of rotatable bonds is 7. The molecule has 2 fully saturated rings. The smallest absolute Gasteiger partial charge is 0.303 e. The van der Waals surface area contributed by atoms with Gasteiger partial charge in [0.05, 0.1) is 25.7 Å². The summed E-state index contributed by atoms with van der Waals surface area (Å²) in [6.07, 6.45) is 0.641. The van der Waals surface area contributed by atoms with Gasteiger partial charge >= 0.3 is 5.97 Å². The Morgan fingerprint density at radius 1 is 1.21 bits per heavy atom. The molecule has 28 heavy (non-hydrogen) atoms. The van der Waals surface area contributed by atoms with E-state index >= 15 is 0 Å². The van der Waals surface area contributed by atoms with Crippen molar-refractivity contribution in [2.24, 2.45) is 5.92 Å². The lowest BCUT2D eigenvalue weighted by atomic mass is 9.98. The molecule has 8 nitrogen and oxygen atoms in total. The van der Waals surface area contributed by atoms with Gasteiger partial charge in [-0.15, -0.1) is 0 Å². The molecule has 0 spiro atoms. The first-order chi connectivity index (χ1) is 13.6. The summed E-state index contributed by atoms with van der Waals surface area (Å²) in [6, 6.07) is 7.80. The number of aromatic nitrogens is 2. The van der Waals surface area contributed by atoms with E-state index < -0.39 is 5.97 Å². The van der Waals surface area contributed by atoms with Gasteiger partial charge in [0, 0.05) is 24.7 Å². The first-order valence-electron chi connectivity index (χ1n) is 9.01. The molecule has 0 aliphatic carbocycles. The molecule has 9 heteroatoms. The highest BCUT2D eigenvalue weighted by Crippen LogP contribution is 2.34. The van der Waals surface area contributed by atoms with Gasteiger partial charge < -0.3 is 24.6 Å². The molecule has 1 aromatic heterocycles. The van der Waals surface area contributed by atoms with E-state index in [0.29, 0.717) is 31.6 Å². The van der Waals surface area contributed by atoms with Gasteiger partial charge in [-0.05, 0) is 17.7 Å². The van der Waals surface area contributed by atoms with E-state index in [1.165, 1.54) is 12.1 Å². The third-order valence-electron chi connectivity index (χ3n) is 4.81. The van der Waals surface area contributed by atoms with Crippen LogP contribution in [0.15, 0.2) is 36.5 Å². The number of halogens is 1. The Bertz CT molecular complexity index is 835. The van der Waals surface area contributed by atoms with Gasteiger partial charge in [-0.25, -0.2) is 9.37 Å². The molecule has 4 atom stereocenters. The number of nitrogens with one attached hydrogen (secondary N) is 1. The van der Waals surface area contributed by atoms with Crippen LogP contribution in [0.1, 0.15) is 12.0 Å². The number of carboxylic acid groups (broad SMARTS) is 1. The maximum Gasteiger partial charge on any atom is 0.303 e. The number of benzene rings is 1. The van der Waals surface area contributed by atoms with Crippen molar-refractivity contribution < 1.29 is 28.5 Å². The van der Waals surface area contributed by atoms with Crippen LogP contribution in [0.4, 0.5) is 10.3 Å². The summed E-state index contributed by atoms with van der Waals surface area (Å²) in [5.74, 6) is -0.568. The second-order valence-electron chi connectivity index (χ2n) is 6.81. The predicted molar refractivity (Wildman–Crippen MR) is 95.4 cm³/mol. The fourth-order valence-electron chi connectivity index (χ4n) is 3.48. The molecule has 3 heterocycles. The van der Waals surface area contributed by atoms with Gasteiger partial charge in [0.25, 0.3) is 0 Å². The minimum atomic E-state index is -0.866. The van der Waals surface area contributed by atoms with Crippen molar-refractivity contribution in [3.63, 3.8) is 0 Å². The van der Waals surface area contributed by atoms with Crippen LogP contribution in [0.5, 0.6) is 5.88 Å². The van der Waals surface area contributed by atoms with E-state index in [0.717, 1.165) is 5.56 Å². The van der Waals surface area contributed by atoms with E-state index in [-0.39, 0.29) is 36.5 Å². The van der Waals surface area contributed by atoms with E-state index in [4.69, 9.17) is 19.3 Å². The van der Waals surface area contributed by atoms with Crippen LogP contribution >= 0.6 is 0 Å². The molecule has 2 aliphatic heterocycles. The van der Waals surface area contributed by atoms with Crippen molar-refractivity contribution >= 4 is 11.9 Å². The Morgan fingerprint density at radius 2 is 2.00 bits per heavy atom. The fraction of sp³-hybridized carbons (Fsp3) is 0.421. The monoisotopic (exact) mass is 389 g/mol. The molecule has 2 aliphatic rings. The van der Waals surface area contributed by atoms with E-state index in [2.05, 4.69) is 15.3 Å². The Labute approximate surface area is 160 Å². The molecule has 148 valence electrons. The minimum absolute atomic E-state index is 0.0127. The summed E-state index contributed by atoms with van der Waals surface area (Å²) in [5, 5.41) is 12.1. The van der Waals surface area contributed by atoms with Gasteiger partial charge in [0.2, 0.25) is 11.8 Å². The topological polar surface area (TPSA) is 103 Å². The molecule has 0 radical (unpaired) electrons. The molecule has 2 N–H and O–H groups in total. The van der Waals surface area contributed by atoms with E-state index in [1.807, 2.05) is 0 Å². The first kappa shape index (κ1) is 18.6. The number of ether oxygens (including phenoxy) is 3. The summed E-state index contributed by atoms with van der Waals surface area (Å²) in [5.41, 5.74) is 0.896. The normalized spacial score (nSPS) is 26.0. The van der Waals surface area contributed by atoms with Crippen molar-refractivity contribution in [3.05, 3.63) is 47.9 Å². The summed E-state index contributed by atoms with van der Waals surface area (Å²) in [6.45, 7) is 1.10. The van der Waals surface area contributed by atoms with Crippen molar-refractivity contribution in [3.8, 4) is 5.88 Å². The van der Waals surface area contributed by atoms with Gasteiger partial charge in [0.15, 0.2) is 6.10 Å². The summed E-state index contributed by atoms with van der Waals surface area (Å²) >= 11 is 0. The van der Waals surface area contributed by atoms with Crippen LogP contribution in [0.2, 0.25) is 0 Å². The zero-order valence-electron chi connectivity index (χ0n) is 15.0. The van der Waals surface area contributed by atoms with E-state index in [1.54, 1.807) is 24.4 Å². The number of nitrogens with zero attached hydrogens (tertiary/aromatic N) is 2. The molecule has 0 saturated carbocycles. The van der Waals surface area contributed by atoms with Crippen molar-refractivity contribution in [1.82, 2.24) is 9.97 Å². The largest absolute Gasteiger partial charge is 0.481 e. The zero-order chi connectivity index (χ0) is 19.5. The fourth-order valence-corrected chi connectivity index (χ4v) is 3.48. The summed E-state index contributed by atoms with van der Waals surface area (Å²) in [7, 11) is 0. The molecule has 0 bridgehead atoms. The molecule has 2 aromatic rings. The number of hydrogen-bond donors (Lipinski definition) is 2. The second-order valence-corrected chi connectivity index (χ2v) is 6.81. The van der Waals surface area contributed by atoms with Crippen LogP contribution in [0.25, 0.3) is 0 Å². The predicted octanol–water partition coefficient (Wildman–Crippen LogP) is 1.86. The number of fused-ring (bicyclic) bond motifs is 1. The highest BCUT2D eigenvalue weighted by molar-refractivity contribution is 5.67. The average Bonchev–Trinajstić information content (AvgIpc) is 3.25. The maximum absolute atomic E-state index is 13.0. The van der Waals surface area contributed by atoms with Crippen LogP contribution < -0.4 is 10.1 Å². The lowest BCUT2D eigenvalue weighted by Crippen LogP contribution is -2.34.